The normalized spacial score (nSPS) is 12.0. The minimum absolute atomic E-state index is 0.0741. The van der Waals surface area contributed by atoms with Crippen LogP contribution in [0.15, 0.2) is 23.3 Å². The lowest BCUT2D eigenvalue weighted by Crippen LogP contribution is -2.19. The van der Waals surface area contributed by atoms with Gasteiger partial charge in [-0.05, 0) is 44.2 Å². The number of nitrogens with zero attached hydrogens (tertiary/aromatic N) is 4. The third kappa shape index (κ3) is 2.96. The number of aromatic carboxylic acids is 1. The fourth-order valence-electron chi connectivity index (χ4n) is 1.48. The molecule has 1 atom stereocenters. The average Bonchev–Trinajstić information content (AvgIpc) is 2.28. The van der Waals surface area contributed by atoms with Gasteiger partial charge in [0.25, 0.3) is 0 Å². The molecule has 0 aliphatic rings. The van der Waals surface area contributed by atoms with Gasteiger partial charge in [-0.15, -0.1) is 0 Å². The molecule has 90 valence electrons. The Morgan fingerprint density at radius 2 is 2.18 bits per heavy atom. The van der Waals surface area contributed by atoms with E-state index in [1.807, 2.05) is 25.9 Å². The first-order valence-electron chi connectivity index (χ1n) is 5.06. The zero-order valence-electron chi connectivity index (χ0n) is 9.95. The smallest absolute Gasteiger partial charge is 0.336 e. The number of carbonyl (C=O) groups is 1. The topological polar surface area (TPSA) is 89.3 Å². The molecule has 0 radical (unpaired) electrons. The molecule has 0 saturated carbocycles. The Morgan fingerprint density at radius 3 is 2.65 bits per heavy atom. The number of carboxylic acids is 1. The summed E-state index contributed by atoms with van der Waals surface area (Å²) in [5.41, 5.74) is 9.64. The monoisotopic (exact) mass is 234 g/mol. The van der Waals surface area contributed by atoms with Gasteiger partial charge in [0.1, 0.15) is 0 Å². The molecule has 0 fully saturated rings. The fourth-order valence-corrected chi connectivity index (χ4v) is 1.48. The summed E-state index contributed by atoms with van der Waals surface area (Å²) in [5, 5.41) is 12.6. The Morgan fingerprint density at radius 1 is 1.53 bits per heavy atom. The molecule has 17 heavy (non-hydrogen) atoms. The van der Waals surface area contributed by atoms with Crippen molar-refractivity contribution in [3.63, 3.8) is 0 Å². The second-order valence-corrected chi connectivity index (χ2v) is 3.91. The number of azide groups is 1. The lowest BCUT2D eigenvalue weighted by atomic mass is 10.00. The van der Waals surface area contributed by atoms with Crippen LogP contribution >= 0.6 is 0 Å². The van der Waals surface area contributed by atoms with Gasteiger partial charge in [-0.25, -0.2) is 4.79 Å². The third-order valence-electron chi connectivity index (χ3n) is 2.65. The molecule has 1 unspecified atom stereocenters. The van der Waals surface area contributed by atoms with Crippen LogP contribution in [0.4, 0.5) is 5.69 Å². The van der Waals surface area contributed by atoms with Crippen molar-refractivity contribution >= 4 is 11.7 Å². The second-order valence-electron chi connectivity index (χ2n) is 3.91. The van der Waals surface area contributed by atoms with Gasteiger partial charge in [0.15, 0.2) is 0 Å². The fraction of sp³-hybridized carbons (Fsp3) is 0.364. The molecule has 6 heteroatoms. The summed E-state index contributed by atoms with van der Waals surface area (Å²) >= 11 is 0. The predicted molar refractivity (Wildman–Crippen MR) is 64.3 cm³/mol. The Hall–Kier alpha value is -2.04. The largest absolute Gasteiger partial charge is 0.478 e. The standard InChI is InChI=1S/C11H14N4O2/c1-7(15(2)3)10-6-8(13-14-12)4-5-9(10)11(16)17/h4-7H,1-3H3,(H,16,17). The van der Waals surface area contributed by atoms with Crippen LogP contribution in [0.2, 0.25) is 0 Å². The molecule has 1 rings (SSSR count). The minimum Gasteiger partial charge on any atom is -0.478 e. The Labute approximate surface area is 99.1 Å². The maximum absolute atomic E-state index is 11.1. The molecule has 1 N–H and O–H groups in total. The van der Waals surface area contributed by atoms with Gasteiger partial charge in [0.2, 0.25) is 0 Å². The molecule has 0 saturated heterocycles. The van der Waals surface area contributed by atoms with Crippen LogP contribution in [0.1, 0.15) is 28.9 Å². The number of benzene rings is 1. The van der Waals surface area contributed by atoms with E-state index in [9.17, 15) is 4.79 Å². The first-order valence-corrected chi connectivity index (χ1v) is 5.06. The molecule has 0 aromatic heterocycles. The van der Waals surface area contributed by atoms with Crippen molar-refractivity contribution in [1.82, 2.24) is 4.90 Å². The Kier molecular flexibility index (Phi) is 4.09. The summed E-state index contributed by atoms with van der Waals surface area (Å²) < 4.78 is 0. The van der Waals surface area contributed by atoms with Crippen molar-refractivity contribution in [2.75, 3.05) is 14.1 Å². The third-order valence-corrected chi connectivity index (χ3v) is 2.65. The zero-order chi connectivity index (χ0) is 13.0. The van der Waals surface area contributed by atoms with E-state index in [0.29, 0.717) is 11.3 Å². The number of hydrogen-bond acceptors (Lipinski definition) is 3. The van der Waals surface area contributed by atoms with E-state index in [2.05, 4.69) is 10.0 Å². The Balaban J connectivity index is 3.34. The highest BCUT2D eigenvalue weighted by atomic mass is 16.4. The molecule has 0 spiro atoms. The SMILES string of the molecule is CC(c1cc(N=[N+]=[N-])ccc1C(=O)O)N(C)C. The van der Waals surface area contributed by atoms with Crippen molar-refractivity contribution in [2.24, 2.45) is 5.11 Å². The van der Waals surface area contributed by atoms with E-state index in [4.69, 9.17) is 10.6 Å². The molecule has 0 aliphatic heterocycles. The van der Waals surface area contributed by atoms with Gasteiger partial charge < -0.3 is 10.0 Å². The summed E-state index contributed by atoms with van der Waals surface area (Å²) in [6.07, 6.45) is 0. The molecule has 0 heterocycles. The van der Waals surface area contributed by atoms with Crippen LogP contribution in [0.5, 0.6) is 0 Å². The van der Waals surface area contributed by atoms with E-state index in [0.717, 1.165) is 0 Å². The van der Waals surface area contributed by atoms with Crippen molar-refractivity contribution in [3.05, 3.63) is 39.8 Å². The summed E-state index contributed by atoms with van der Waals surface area (Å²) in [6, 6.07) is 4.49. The second kappa shape index (κ2) is 5.34. The number of hydrogen-bond donors (Lipinski definition) is 1. The van der Waals surface area contributed by atoms with Crippen LogP contribution in [-0.4, -0.2) is 30.1 Å². The highest BCUT2D eigenvalue weighted by Crippen LogP contribution is 2.26. The summed E-state index contributed by atoms with van der Waals surface area (Å²) in [6.45, 7) is 1.89. The van der Waals surface area contributed by atoms with E-state index in [-0.39, 0.29) is 11.6 Å². The van der Waals surface area contributed by atoms with Gasteiger partial charge in [-0.1, -0.05) is 11.2 Å². The lowest BCUT2D eigenvalue weighted by molar-refractivity contribution is 0.0694. The van der Waals surface area contributed by atoms with Crippen molar-refractivity contribution in [2.45, 2.75) is 13.0 Å². The van der Waals surface area contributed by atoms with Gasteiger partial charge in [0.05, 0.1) is 5.56 Å². The maximum Gasteiger partial charge on any atom is 0.336 e. The first kappa shape index (κ1) is 13.0. The van der Waals surface area contributed by atoms with E-state index < -0.39 is 5.97 Å². The van der Waals surface area contributed by atoms with Gasteiger partial charge >= 0.3 is 5.97 Å². The van der Waals surface area contributed by atoms with Crippen LogP contribution in [-0.2, 0) is 0 Å². The van der Waals surface area contributed by atoms with E-state index in [1.165, 1.54) is 12.1 Å². The average molecular weight is 234 g/mol. The van der Waals surface area contributed by atoms with Crippen LogP contribution in [0.25, 0.3) is 10.4 Å². The molecular weight excluding hydrogens is 220 g/mol. The summed E-state index contributed by atoms with van der Waals surface area (Å²) in [5.74, 6) is -0.985. The van der Waals surface area contributed by atoms with Crippen LogP contribution in [0.3, 0.4) is 0 Å². The highest BCUT2D eigenvalue weighted by molar-refractivity contribution is 5.90. The number of carboxylic acid groups (broad SMARTS) is 1. The minimum atomic E-state index is -0.985. The predicted octanol–water partition coefficient (Wildman–Crippen LogP) is 2.95. The Bertz CT molecular complexity index is 478. The molecular formula is C11H14N4O2. The quantitative estimate of drug-likeness (QED) is 0.493. The van der Waals surface area contributed by atoms with Gasteiger partial charge in [-0.3, -0.25) is 0 Å². The maximum atomic E-state index is 11.1. The lowest BCUT2D eigenvalue weighted by Gasteiger charge is -2.22. The zero-order valence-corrected chi connectivity index (χ0v) is 9.95. The van der Waals surface area contributed by atoms with Crippen LogP contribution < -0.4 is 0 Å². The first-order chi connectivity index (χ1) is 7.97. The summed E-state index contributed by atoms with van der Waals surface area (Å²) in [7, 11) is 3.72. The molecule has 0 bridgehead atoms. The summed E-state index contributed by atoms with van der Waals surface area (Å²) in [4.78, 5) is 15.7. The van der Waals surface area contributed by atoms with E-state index >= 15 is 0 Å². The van der Waals surface area contributed by atoms with Gasteiger partial charge in [0, 0.05) is 16.6 Å². The van der Waals surface area contributed by atoms with E-state index in [1.54, 1.807) is 6.07 Å². The molecule has 6 nitrogen and oxygen atoms in total. The molecule has 0 amide bonds. The molecule has 1 aromatic carbocycles. The molecule has 1 aromatic rings. The van der Waals surface area contributed by atoms with Crippen molar-refractivity contribution < 1.29 is 9.90 Å². The van der Waals surface area contributed by atoms with Crippen molar-refractivity contribution in [3.8, 4) is 0 Å². The van der Waals surface area contributed by atoms with Crippen LogP contribution in [0, 0.1) is 0 Å². The number of rotatable bonds is 4. The highest BCUT2D eigenvalue weighted by Gasteiger charge is 2.17. The van der Waals surface area contributed by atoms with Gasteiger partial charge in [-0.2, -0.15) is 0 Å². The molecule has 0 aliphatic carbocycles. The van der Waals surface area contributed by atoms with Crippen molar-refractivity contribution in [1.29, 1.82) is 0 Å².